The number of rotatable bonds is 15. The Balaban J connectivity index is 0.000000160. The molecule has 0 bridgehead atoms. The van der Waals surface area contributed by atoms with Crippen molar-refractivity contribution < 1.29 is 9.60 Å². The molecule has 0 aliphatic heterocycles. The predicted octanol–water partition coefficient (Wildman–Crippen LogP) is 33.8. The zero-order valence-corrected chi connectivity index (χ0v) is 70.5. The highest BCUT2D eigenvalue weighted by Gasteiger charge is 2.40. The molecule has 0 radical (unpaired) electrons. The van der Waals surface area contributed by atoms with E-state index in [4.69, 9.17) is 6.85 Å². The Morgan fingerprint density at radius 3 is 1.01 bits per heavy atom. The molecule has 20 aromatic carbocycles. The molecule has 0 unspecified atom stereocenters. The normalized spacial score (nSPS) is 14.0. The largest absolute Gasteiger partial charge is 0.310 e. The van der Waals surface area contributed by atoms with Crippen LogP contribution in [0.25, 0.3) is 110 Å². The third-order valence-electron chi connectivity index (χ3n) is 26.3. The third kappa shape index (κ3) is 13.1. The van der Waals surface area contributed by atoms with Crippen molar-refractivity contribution in [1.29, 1.82) is 0 Å². The van der Waals surface area contributed by atoms with Gasteiger partial charge in [0.2, 0.25) is 0 Å². The van der Waals surface area contributed by atoms with Crippen LogP contribution < -0.4 is 19.6 Å². The lowest BCUT2D eigenvalue weighted by Crippen LogP contribution is -2.18. The van der Waals surface area contributed by atoms with Crippen LogP contribution in [0.4, 0.5) is 68.2 Å². The zero-order valence-electron chi connectivity index (χ0n) is 77.5. The molecule has 3 aliphatic carbocycles. The van der Waals surface area contributed by atoms with Crippen LogP contribution in [0, 0.1) is 0 Å². The molecular weight excluding hydrogens is 1510 g/mol. The van der Waals surface area contributed by atoms with E-state index in [1.165, 1.54) is 105 Å². The number of hydrogen-bond donors (Lipinski definition) is 0. The molecule has 4 nitrogen and oxygen atoms in total. The Kier molecular flexibility index (Phi) is 16.8. The van der Waals surface area contributed by atoms with E-state index in [0.717, 1.165) is 78.5 Å². The molecule has 23 rings (SSSR count). The SMILES string of the molecule is CC1(C)c2ccccc2-c2ccc(N(c3ccc(-c4ccccc4)cc3)c3ccc(-c4ccc(N(c5ccccc5)c5cccc6ccccc56)cc4)cc3)cc21.[2H]c1c([2H])c([2H])c2c([2H])c(N(c3ccc(-c4ccc(N(c5ccc6c(c5)C(C)(C)c5ccccc5-6)c5cc6c(c7ccccc57)-c5ccccc5C6(C)C)cc4)cc3)c3cccc4ccccc34)c([2H])c([2H])c2c1[2H]. The zero-order chi connectivity index (χ0) is 90.2. The Hall–Kier alpha value is -15.4. The van der Waals surface area contributed by atoms with Gasteiger partial charge < -0.3 is 19.6 Å². The molecular formula is C121H92N4. The van der Waals surface area contributed by atoms with Crippen LogP contribution in [0.15, 0.2) is 449 Å². The molecule has 125 heavy (non-hydrogen) atoms. The highest BCUT2D eigenvalue weighted by atomic mass is 15.2. The molecule has 0 amide bonds. The summed E-state index contributed by atoms with van der Waals surface area (Å²) in [6, 6.07) is 143. The van der Waals surface area contributed by atoms with Crippen molar-refractivity contribution in [2.45, 2.75) is 57.8 Å². The summed E-state index contributed by atoms with van der Waals surface area (Å²) in [6.07, 6.45) is 0. The summed E-state index contributed by atoms with van der Waals surface area (Å²) in [7, 11) is 0. The second-order valence-corrected chi connectivity index (χ2v) is 34.6. The van der Waals surface area contributed by atoms with Crippen LogP contribution in [0.1, 0.15) is 84.5 Å². The summed E-state index contributed by atoms with van der Waals surface area (Å²) >= 11 is 0. The second kappa shape index (κ2) is 30.7. The number of nitrogens with zero attached hydrogens (tertiary/aromatic N) is 4. The standard InChI is InChI=1S/C66H50N2.C55H42N2/c1-65(2)58-25-13-11-21-53(58)54-39-38-51(41-60(54)65)68(63-42-61-64(56-23-10-9-22-55(56)63)57-24-12-14-26-59(57)66(61,3)4)49-35-30-45(31-36-49)44-28-33-48(34-29-44)67(50-37-32-43-16-5-6-18-47(43)40-50)62-27-15-19-46-17-7-8-20-52(46)62;1-55(2)52-22-12-11-21-50(52)51-37-36-48(38-53(51)55)56(45-30-24-40(25-31-45)39-14-5-3-6-15-39)46-32-26-41(27-33-46)42-28-34-47(35-29-42)57(44-18-7-4-8-19-44)54-23-13-17-43-16-9-10-20-49(43)54/h5-42H,1-4H3;3-38H,1-2H3/i5D,6D,16D,18D,32D,37D,40D;. The number of anilines is 12. The van der Waals surface area contributed by atoms with Gasteiger partial charge in [-0.25, -0.2) is 0 Å². The minimum absolute atomic E-state index is 0.0521. The van der Waals surface area contributed by atoms with Gasteiger partial charge in [0.15, 0.2) is 0 Å². The second-order valence-electron chi connectivity index (χ2n) is 34.6. The van der Waals surface area contributed by atoms with E-state index in [1.807, 2.05) is 66.7 Å². The Bertz CT molecular complexity index is 7980. The van der Waals surface area contributed by atoms with Crippen LogP contribution in [-0.2, 0) is 16.2 Å². The van der Waals surface area contributed by atoms with Gasteiger partial charge in [0.05, 0.1) is 26.7 Å². The first-order chi connectivity index (χ1) is 64.2. The fourth-order valence-corrected chi connectivity index (χ4v) is 20.0. The minimum Gasteiger partial charge on any atom is -0.310 e. The van der Waals surface area contributed by atoms with Gasteiger partial charge in [0.1, 0.15) is 0 Å². The highest BCUT2D eigenvalue weighted by molar-refractivity contribution is 6.11. The van der Waals surface area contributed by atoms with Gasteiger partial charge in [0, 0.05) is 83.6 Å². The highest BCUT2D eigenvalue weighted by Crippen LogP contribution is 2.58. The summed E-state index contributed by atoms with van der Waals surface area (Å²) < 4.78 is 62.5. The first-order valence-electron chi connectivity index (χ1n) is 46.6. The molecule has 596 valence electrons. The molecule has 0 N–H and O–H groups in total. The lowest BCUT2D eigenvalue weighted by molar-refractivity contribution is 0.660. The van der Waals surface area contributed by atoms with E-state index in [1.54, 1.807) is 4.90 Å². The van der Waals surface area contributed by atoms with Crippen molar-refractivity contribution in [1.82, 2.24) is 0 Å². The van der Waals surface area contributed by atoms with Crippen molar-refractivity contribution in [2.75, 3.05) is 19.6 Å². The Morgan fingerprint density at radius 2 is 0.520 bits per heavy atom. The quantitative estimate of drug-likeness (QED) is 0.101. The monoisotopic (exact) mass is 1610 g/mol. The van der Waals surface area contributed by atoms with Crippen molar-refractivity contribution in [2.24, 2.45) is 0 Å². The maximum absolute atomic E-state index is 9.59. The van der Waals surface area contributed by atoms with Crippen LogP contribution in [0.2, 0.25) is 0 Å². The Labute approximate surface area is 742 Å². The molecule has 0 spiro atoms. The van der Waals surface area contributed by atoms with E-state index >= 15 is 0 Å². The van der Waals surface area contributed by atoms with Crippen molar-refractivity contribution in [3.05, 3.63) is 482 Å². The summed E-state index contributed by atoms with van der Waals surface area (Å²) in [5.74, 6) is 0. The maximum Gasteiger partial charge on any atom is 0.0651 e. The van der Waals surface area contributed by atoms with Crippen molar-refractivity contribution in [3.63, 3.8) is 0 Å². The number of benzene rings is 20. The van der Waals surface area contributed by atoms with Crippen molar-refractivity contribution >= 4 is 111 Å². The van der Waals surface area contributed by atoms with Gasteiger partial charge in [0.25, 0.3) is 0 Å². The van der Waals surface area contributed by atoms with E-state index in [-0.39, 0.29) is 50.8 Å². The van der Waals surface area contributed by atoms with E-state index < -0.39 is 24.2 Å². The molecule has 0 aromatic heterocycles. The van der Waals surface area contributed by atoms with Gasteiger partial charge in [-0.3, -0.25) is 0 Å². The lowest BCUT2D eigenvalue weighted by atomic mass is 9.81. The van der Waals surface area contributed by atoms with E-state index in [0.29, 0.717) is 11.4 Å². The average Bonchev–Trinajstić information content (AvgIpc) is 1.56. The number of hydrogen-bond acceptors (Lipinski definition) is 4. The van der Waals surface area contributed by atoms with Gasteiger partial charge in [-0.05, 0) is 254 Å². The smallest absolute Gasteiger partial charge is 0.0651 e. The van der Waals surface area contributed by atoms with E-state index in [2.05, 4.69) is 396 Å². The van der Waals surface area contributed by atoms with Gasteiger partial charge in [-0.15, -0.1) is 0 Å². The number of fused-ring (bicyclic) bond motifs is 14. The molecule has 0 saturated heterocycles. The molecule has 4 heteroatoms. The fourth-order valence-electron chi connectivity index (χ4n) is 20.0. The minimum atomic E-state index is -0.500. The van der Waals surface area contributed by atoms with Crippen LogP contribution >= 0.6 is 0 Å². The molecule has 0 heterocycles. The molecule has 0 fully saturated rings. The third-order valence-corrected chi connectivity index (χ3v) is 26.3. The lowest BCUT2D eigenvalue weighted by Gasteiger charge is -2.31. The van der Waals surface area contributed by atoms with Gasteiger partial charge >= 0.3 is 0 Å². The first kappa shape index (κ1) is 68.3. The van der Waals surface area contributed by atoms with Crippen LogP contribution in [0.3, 0.4) is 0 Å². The van der Waals surface area contributed by atoms with Crippen LogP contribution in [-0.4, -0.2) is 0 Å². The van der Waals surface area contributed by atoms with Gasteiger partial charge in [-0.2, -0.15) is 0 Å². The van der Waals surface area contributed by atoms with Crippen LogP contribution in [0.5, 0.6) is 0 Å². The van der Waals surface area contributed by atoms with Crippen molar-refractivity contribution in [3.8, 4) is 66.8 Å². The first-order valence-corrected chi connectivity index (χ1v) is 43.1. The topological polar surface area (TPSA) is 13.0 Å². The summed E-state index contributed by atoms with van der Waals surface area (Å²) in [5.41, 5.74) is 33.3. The Morgan fingerprint density at radius 1 is 0.192 bits per heavy atom. The van der Waals surface area contributed by atoms with E-state index in [9.17, 15) is 2.74 Å². The summed E-state index contributed by atoms with van der Waals surface area (Å²) in [5, 5.41) is 6.39. The molecule has 3 aliphatic rings. The summed E-state index contributed by atoms with van der Waals surface area (Å²) in [4.78, 5) is 8.96. The number of para-hydroxylation sites is 1. The fraction of sp³-hybridized carbons (Fsp3) is 0.0744. The molecule has 20 aromatic rings. The maximum atomic E-state index is 9.59. The predicted molar refractivity (Wildman–Crippen MR) is 531 cm³/mol. The van der Waals surface area contributed by atoms with Gasteiger partial charge in [-0.1, -0.05) is 363 Å². The summed E-state index contributed by atoms with van der Waals surface area (Å²) in [6.45, 7) is 14.0. The molecule has 0 atom stereocenters. The average molecular weight is 1610 g/mol. The molecule has 0 saturated carbocycles.